The molecule has 11 heteroatoms. The highest BCUT2D eigenvalue weighted by molar-refractivity contribution is 7.98. The molecule has 0 radical (unpaired) electrons. The second-order valence-electron chi connectivity index (χ2n) is 6.57. The quantitative estimate of drug-likeness (QED) is 0.246. The van der Waals surface area contributed by atoms with Gasteiger partial charge in [0.25, 0.3) is 0 Å². The molecule has 0 aliphatic heterocycles. The molecule has 2 heterocycles. The first-order valence-electron chi connectivity index (χ1n) is 9.62. The number of hydrogen-bond acceptors (Lipinski definition) is 5. The molecule has 6 nitrogen and oxygen atoms in total. The highest BCUT2D eigenvalue weighted by Gasteiger charge is 2.32. The summed E-state index contributed by atoms with van der Waals surface area (Å²) in [4.78, 5) is 21.3. The number of allylic oxidation sites excluding steroid dienone is 3. The average molecular weight is 486 g/mol. The maximum atomic E-state index is 12.7. The molecule has 0 aromatic carbocycles. The average Bonchev–Trinajstić information content (AvgIpc) is 3.13. The number of thioether (sulfide) groups is 1. The summed E-state index contributed by atoms with van der Waals surface area (Å²) in [5.41, 5.74) is 1.03. The SMILES string of the molecule is C=N/C=C\C=C(/C)n1cc(N(CC)C(=O)CCSCc2ccc(C(F)(F)F)nc2)c(Cl)n1. The Kier molecular flexibility index (Phi) is 9.52. The largest absolute Gasteiger partial charge is 0.433 e. The van der Waals surface area contributed by atoms with Crippen LogP contribution in [0.2, 0.25) is 5.15 Å². The van der Waals surface area contributed by atoms with Gasteiger partial charge in [0.05, 0.1) is 6.20 Å². The molecule has 2 aromatic rings. The van der Waals surface area contributed by atoms with Crippen LogP contribution in [0.4, 0.5) is 18.9 Å². The van der Waals surface area contributed by atoms with E-state index in [4.69, 9.17) is 11.6 Å². The molecule has 0 atom stereocenters. The molecule has 172 valence electrons. The Morgan fingerprint density at radius 3 is 2.75 bits per heavy atom. The molecule has 0 spiro atoms. The van der Waals surface area contributed by atoms with E-state index in [1.807, 2.05) is 13.8 Å². The van der Waals surface area contributed by atoms with E-state index in [1.54, 1.807) is 27.9 Å². The van der Waals surface area contributed by atoms with Crippen molar-refractivity contribution < 1.29 is 18.0 Å². The van der Waals surface area contributed by atoms with Crippen LogP contribution in [0.25, 0.3) is 5.70 Å². The molecule has 2 rings (SSSR count). The zero-order chi connectivity index (χ0) is 23.7. The molecule has 2 aromatic heterocycles. The summed E-state index contributed by atoms with van der Waals surface area (Å²) in [6.07, 6.45) is 3.72. The fraction of sp³-hybridized carbons (Fsp3) is 0.333. The topological polar surface area (TPSA) is 63.4 Å². The van der Waals surface area contributed by atoms with E-state index in [2.05, 4.69) is 21.8 Å². The van der Waals surface area contributed by atoms with Gasteiger partial charge >= 0.3 is 6.18 Å². The van der Waals surface area contributed by atoms with Crippen molar-refractivity contribution in [3.05, 3.63) is 59.3 Å². The molecule has 0 saturated heterocycles. The lowest BCUT2D eigenvalue weighted by atomic mass is 10.3. The van der Waals surface area contributed by atoms with E-state index < -0.39 is 11.9 Å². The van der Waals surface area contributed by atoms with Gasteiger partial charge in [0, 0.05) is 42.6 Å². The number of nitrogens with zero attached hydrogens (tertiary/aromatic N) is 5. The van der Waals surface area contributed by atoms with Crippen molar-refractivity contribution in [2.24, 2.45) is 4.99 Å². The van der Waals surface area contributed by atoms with E-state index >= 15 is 0 Å². The third-order valence-electron chi connectivity index (χ3n) is 4.29. The fourth-order valence-electron chi connectivity index (χ4n) is 2.67. The van der Waals surface area contributed by atoms with Gasteiger partial charge in [-0.25, -0.2) is 4.68 Å². The van der Waals surface area contributed by atoms with Gasteiger partial charge in [0.1, 0.15) is 11.4 Å². The lowest BCUT2D eigenvalue weighted by Gasteiger charge is -2.19. The van der Waals surface area contributed by atoms with Gasteiger partial charge in [-0.1, -0.05) is 17.7 Å². The van der Waals surface area contributed by atoms with Gasteiger partial charge in [-0.2, -0.15) is 30.0 Å². The van der Waals surface area contributed by atoms with Crippen molar-refractivity contribution in [2.75, 3.05) is 17.2 Å². The summed E-state index contributed by atoms with van der Waals surface area (Å²) in [6.45, 7) is 7.46. The third kappa shape index (κ3) is 7.23. The number of pyridine rings is 1. The Hall–Kier alpha value is -2.59. The maximum Gasteiger partial charge on any atom is 0.433 e. The van der Waals surface area contributed by atoms with Crippen LogP contribution in [0.3, 0.4) is 0 Å². The Labute approximate surface area is 193 Å². The molecular weight excluding hydrogens is 463 g/mol. The van der Waals surface area contributed by atoms with E-state index in [0.717, 1.165) is 11.8 Å². The van der Waals surface area contributed by atoms with Crippen LogP contribution in [0.1, 0.15) is 31.5 Å². The number of carbonyl (C=O) groups is 1. The Morgan fingerprint density at radius 1 is 1.41 bits per heavy atom. The normalized spacial score (nSPS) is 12.4. The first-order valence-corrected chi connectivity index (χ1v) is 11.2. The van der Waals surface area contributed by atoms with Crippen LogP contribution in [0.15, 0.2) is 47.9 Å². The van der Waals surface area contributed by atoms with E-state index in [-0.39, 0.29) is 17.5 Å². The third-order valence-corrected chi connectivity index (χ3v) is 5.59. The smallest absolute Gasteiger partial charge is 0.308 e. The standard InChI is InChI=1S/C21H23ClF3N5OS/c1-4-29(17-13-30(28-20(17)22)15(2)6-5-10-26-3)19(31)9-11-32-14-16-7-8-18(27-12-16)21(23,24)25/h5-8,10,12-13H,3-4,9,11,14H2,1-2H3/b10-5-,15-6+. The number of hydrogen-bond donors (Lipinski definition) is 0. The van der Waals surface area contributed by atoms with Gasteiger partial charge in [-0.3, -0.25) is 14.8 Å². The molecule has 32 heavy (non-hydrogen) atoms. The molecule has 0 aliphatic rings. The number of anilines is 1. The monoisotopic (exact) mass is 485 g/mol. The van der Waals surface area contributed by atoms with Crippen LogP contribution in [0, 0.1) is 0 Å². The Bertz CT molecular complexity index is 986. The van der Waals surface area contributed by atoms with Crippen molar-refractivity contribution in [3.63, 3.8) is 0 Å². The van der Waals surface area contributed by atoms with Gasteiger partial charge < -0.3 is 4.90 Å². The van der Waals surface area contributed by atoms with Crippen molar-refractivity contribution in [1.82, 2.24) is 14.8 Å². The number of halogens is 4. The van der Waals surface area contributed by atoms with Crippen molar-refractivity contribution in [1.29, 1.82) is 0 Å². The number of rotatable bonds is 10. The lowest BCUT2D eigenvalue weighted by molar-refractivity contribution is -0.141. The highest BCUT2D eigenvalue weighted by atomic mass is 35.5. The summed E-state index contributed by atoms with van der Waals surface area (Å²) < 4.78 is 39.3. The predicted molar refractivity (Wildman–Crippen MR) is 124 cm³/mol. The van der Waals surface area contributed by atoms with E-state index in [0.29, 0.717) is 29.3 Å². The Balaban J connectivity index is 1.94. The van der Waals surface area contributed by atoms with Crippen LogP contribution >= 0.6 is 23.4 Å². The summed E-state index contributed by atoms with van der Waals surface area (Å²) in [5.74, 6) is 0.838. The summed E-state index contributed by atoms with van der Waals surface area (Å²) in [6, 6.07) is 2.35. The number of carbonyl (C=O) groups excluding carboxylic acids is 1. The van der Waals surface area contributed by atoms with Gasteiger partial charge in [-0.15, -0.1) is 0 Å². The second kappa shape index (κ2) is 11.9. The molecule has 0 aliphatic carbocycles. The molecular formula is C21H23ClF3N5OS. The predicted octanol–water partition coefficient (Wildman–Crippen LogP) is 5.70. The van der Waals surface area contributed by atoms with Gasteiger partial charge in [0.2, 0.25) is 5.91 Å². The fourth-order valence-corrected chi connectivity index (χ4v) is 3.77. The molecule has 0 bridgehead atoms. The number of alkyl halides is 3. The summed E-state index contributed by atoms with van der Waals surface area (Å²) in [5, 5.41) is 4.46. The summed E-state index contributed by atoms with van der Waals surface area (Å²) >= 11 is 7.71. The first-order chi connectivity index (χ1) is 15.2. The second-order valence-corrected chi connectivity index (χ2v) is 8.04. The van der Waals surface area contributed by atoms with Crippen molar-refractivity contribution in [3.8, 4) is 0 Å². The van der Waals surface area contributed by atoms with Crippen LogP contribution < -0.4 is 4.90 Å². The zero-order valence-corrected chi connectivity index (χ0v) is 19.2. The van der Waals surface area contributed by atoms with E-state index in [9.17, 15) is 18.0 Å². The molecule has 0 saturated carbocycles. The van der Waals surface area contributed by atoms with E-state index in [1.165, 1.54) is 30.2 Å². The van der Waals surface area contributed by atoms with Gasteiger partial charge in [0.15, 0.2) is 5.15 Å². The molecule has 1 amide bonds. The minimum Gasteiger partial charge on any atom is -0.308 e. The number of aromatic nitrogens is 3. The maximum absolute atomic E-state index is 12.7. The minimum absolute atomic E-state index is 0.121. The highest BCUT2D eigenvalue weighted by Crippen LogP contribution is 2.28. The first kappa shape index (κ1) is 25.7. The molecule has 0 fully saturated rings. The van der Waals surface area contributed by atoms with Crippen LogP contribution in [-0.4, -0.2) is 39.7 Å². The molecule has 0 unspecified atom stereocenters. The number of aliphatic imine (C=N–C) groups is 1. The Morgan fingerprint density at radius 2 is 2.16 bits per heavy atom. The van der Waals surface area contributed by atoms with Crippen LogP contribution in [0.5, 0.6) is 0 Å². The van der Waals surface area contributed by atoms with Crippen molar-refractivity contribution in [2.45, 2.75) is 32.2 Å². The minimum atomic E-state index is -4.45. The van der Waals surface area contributed by atoms with Crippen LogP contribution in [-0.2, 0) is 16.7 Å². The van der Waals surface area contributed by atoms with Crippen molar-refractivity contribution >= 4 is 47.4 Å². The zero-order valence-electron chi connectivity index (χ0n) is 17.6. The van der Waals surface area contributed by atoms with Gasteiger partial charge in [-0.05, 0) is 44.3 Å². The number of amides is 1. The summed E-state index contributed by atoms with van der Waals surface area (Å²) in [7, 11) is 0. The molecule has 0 N–H and O–H groups in total. The lowest BCUT2D eigenvalue weighted by Crippen LogP contribution is -2.30.